The Morgan fingerprint density at radius 3 is 1.17 bits per heavy atom. The van der Waals surface area contributed by atoms with Crippen LogP contribution in [0, 0.1) is 0 Å². The molecule has 0 radical (unpaired) electrons. The fourth-order valence-electron chi connectivity index (χ4n) is 8.42. The molecule has 0 atom stereocenters. The van der Waals surface area contributed by atoms with Crippen LogP contribution in [-0.2, 0) is 0 Å². The molecule has 0 bridgehead atoms. The molecule has 3 heterocycles. The molecule has 0 aliphatic carbocycles. The van der Waals surface area contributed by atoms with Gasteiger partial charge in [0, 0.05) is 21.5 Å². The first kappa shape index (κ1) is 29.1. The Balaban J connectivity index is 1.16. The highest BCUT2D eigenvalue weighted by Gasteiger charge is 2.48. The quantitative estimate of drug-likeness (QED) is 0.173. The van der Waals surface area contributed by atoms with Gasteiger partial charge in [0.1, 0.15) is 33.8 Å². The molecule has 10 aromatic rings. The molecule has 0 saturated carbocycles. The number of hydrogen-bond donors (Lipinski definition) is 0. The molecule has 0 amide bonds. The fourth-order valence-corrected chi connectivity index (χ4v) is 13.4. The standard InChI is InChI=1S/C48H30O3Si/c1-3-11-35(12-4-1)52(36-13-5-2-6-14-36)47-29-33(31-19-23-43-39(27-31)37-15-7-9-17-41(37)49-43)21-25-45(47)51-46-26-22-34(30-48(46)52)32-20-24-44-40(28-32)38-16-8-10-18-42(38)50-44/h1-30H. The number of ether oxygens (including phenoxy) is 1. The van der Waals surface area contributed by atoms with E-state index in [1.807, 2.05) is 24.3 Å². The molecule has 0 N–H and O–H groups in total. The molecular formula is C48H30O3Si. The average Bonchev–Trinajstić information content (AvgIpc) is 3.78. The lowest BCUT2D eigenvalue weighted by Crippen LogP contribution is -2.76. The van der Waals surface area contributed by atoms with Gasteiger partial charge in [0.15, 0.2) is 8.07 Å². The van der Waals surface area contributed by atoms with E-state index in [-0.39, 0.29) is 0 Å². The van der Waals surface area contributed by atoms with Crippen LogP contribution in [0.3, 0.4) is 0 Å². The van der Waals surface area contributed by atoms with E-state index in [1.165, 1.54) is 20.7 Å². The van der Waals surface area contributed by atoms with Crippen molar-refractivity contribution in [3.8, 4) is 33.8 Å². The second kappa shape index (κ2) is 11.2. The minimum Gasteiger partial charge on any atom is -0.458 e. The first-order valence-electron chi connectivity index (χ1n) is 17.7. The van der Waals surface area contributed by atoms with Gasteiger partial charge in [-0.05, 0) is 91.5 Å². The van der Waals surface area contributed by atoms with E-state index in [0.717, 1.165) is 77.6 Å². The van der Waals surface area contributed by atoms with E-state index in [1.54, 1.807) is 0 Å². The maximum atomic E-state index is 6.89. The summed E-state index contributed by atoms with van der Waals surface area (Å²) in [6, 6.07) is 65.3. The van der Waals surface area contributed by atoms with Gasteiger partial charge in [-0.25, -0.2) is 0 Å². The molecule has 52 heavy (non-hydrogen) atoms. The third-order valence-corrected chi connectivity index (χ3v) is 15.6. The number of fused-ring (bicyclic) bond motifs is 8. The topological polar surface area (TPSA) is 35.5 Å². The molecule has 0 saturated heterocycles. The summed E-state index contributed by atoms with van der Waals surface area (Å²) in [6.07, 6.45) is 0. The molecule has 244 valence electrons. The SMILES string of the molecule is c1ccc([Si]2(c3ccccc3)c3cc(-c4ccc5oc6ccccc6c5c4)ccc3Oc3ccc(-c4ccc5oc6ccccc6c5c4)cc32)cc1. The smallest absolute Gasteiger partial charge is 0.188 e. The van der Waals surface area contributed by atoms with E-state index < -0.39 is 8.07 Å². The highest BCUT2D eigenvalue weighted by molar-refractivity contribution is 7.20. The molecule has 1 aliphatic heterocycles. The molecule has 0 spiro atoms. The molecule has 4 heteroatoms. The number of hydrogen-bond acceptors (Lipinski definition) is 3. The van der Waals surface area contributed by atoms with Gasteiger partial charge in [-0.3, -0.25) is 0 Å². The minimum atomic E-state index is -2.94. The summed E-state index contributed by atoms with van der Waals surface area (Å²) in [5.74, 6) is 1.81. The fraction of sp³-hybridized carbons (Fsp3) is 0. The van der Waals surface area contributed by atoms with E-state index in [2.05, 4.69) is 158 Å². The molecule has 0 unspecified atom stereocenters. The molecule has 0 fully saturated rings. The second-order valence-corrected chi connectivity index (χ2v) is 17.4. The Morgan fingerprint density at radius 1 is 0.308 bits per heavy atom. The Bertz CT molecular complexity index is 2790. The third kappa shape index (κ3) is 4.25. The van der Waals surface area contributed by atoms with Crippen molar-refractivity contribution in [2.75, 3.05) is 0 Å². The van der Waals surface area contributed by atoms with Gasteiger partial charge in [-0.1, -0.05) is 133 Å². The van der Waals surface area contributed by atoms with Crippen LogP contribution in [0.2, 0.25) is 0 Å². The van der Waals surface area contributed by atoms with Crippen LogP contribution in [0.5, 0.6) is 11.5 Å². The second-order valence-electron chi connectivity index (χ2n) is 13.6. The lowest BCUT2D eigenvalue weighted by molar-refractivity contribution is 0.487. The van der Waals surface area contributed by atoms with Crippen molar-refractivity contribution in [3.63, 3.8) is 0 Å². The van der Waals surface area contributed by atoms with Gasteiger partial charge < -0.3 is 13.6 Å². The van der Waals surface area contributed by atoms with Crippen LogP contribution in [-0.4, -0.2) is 8.07 Å². The molecule has 8 aromatic carbocycles. The summed E-state index contributed by atoms with van der Waals surface area (Å²) in [4.78, 5) is 0. The molecule has 3 nitrogen and oxygen atoms in total. The van der Waals surface area contributed by atoms with Crippen LogP contribution in [0.25, 0.3) is 66.1 Å². The number of benzene rings is 8. The maximum absolute atomic E-state index is 6.89. The van der Waals surface area contributed by atoms with Crippen molar-refractivity contribution in [1.29, 1.82) is 0 Å². The summed E-state index contributed by atoms with van der Waals surface area (Å²) in [7, 11) is -2.94. The Kier molecular flexibility index (Phi) is 6.27. The largest absolute Gasteiger partial charge is 0.458 e. The third-order valence-electron chi connectivity index (χ3n) is 10.8. The van der Waals surface area contributed by atoms with Crippen LogP contribution in [0.1, 0.15) is 0 Å². The number of furan rings is 2. The van der Waals surface area contributed by atoms with Gasteiger partial charge in [0.25, 0.3) is 0 Å². The first-order valence-corrected chi connectivity index (χ1v) is 19.7. The Morgan fingerprint density at radius 2 is 0.692 bits per heavy atom. The monoisotopic (exact) mass is 682 g/mol. The van der Waals surface area contributed by atoms with Gasteiger partial charge >= 0.3 is 0 Å². The Labute approximate surface area is 301 Å². The van der Waals surface area contributed by atoms with Crippen LogP contribution < -0.4 is 25.5 Å². The van der Waals surface area contributed by atoms with Gasteiger partial charge in [-0.2, -0.15) is 0 Å². The molecule has 1 aliphatic rings. The minimum absolute atomic E-state index is 0.895. The normalized spacial score (nSPS) is 13.3. The predicted octanol–water partition coefficient (Wildman–Crippen LogP) is 10.3. The molecular weight excluding hydrogens is 653 g/mol. The van der Waals surface area contributed by atoms with Crippen molar-refractivity contribution in [1.82, 2.24) is 0 Å². The first-order chi connectivity index (χ1) is 25.7. The van der Waals surface area contributed by atoms with E-state index in [9.17, 15) is 0 Å². The molecule has 11 rings (SSSR count). The van der Waals surface area contributed by atoms with Gasteiger partial charge in [0.05, 0.1) is 0 Å². The maximum Gasteiger partial charge on any atom is 0.188 e. The highest BCUT2D eigenvalue weighted by atomic mass is 28.3. The number of rotatable bonds is 4. The zero-order valence-electron chi connectivity index (χ0n) is 28.0. The van der Waals surface area contributed by atoms with Crippen LogP contribution >= 0.6 is 0 Å². The van der Waals surface area contributed by atoms with Crippen molar-refractivity contribution in [2.45, 2.75) is 0 Å². The van der Waals surface area contributed by atoms with Crippen LogP contribution in [0.15, 0.2) is 191 Å². The van der Waals surface area contributed by atoms with E-state index in [0.29, 0.717) is 0 Å². The lowest BCUT2D eigenvalue weighted by Gasteiger charge is -2.40. The summed E-state index contributed by atoms with van der Waals surface area (Å²) in [5.41, 5.74) is 8.18. The predicted molar refractivity (Wildman–Crippen MR) is 216 cm³/mol. The highest BCUT2D eigenvalue weighted by Crippen LogP contribution is 2.37. The number of para-hydroxylation sites is 2. The average molecular weight is 683 g/mol. The van der Waals surface area contributed by atoms with Gasteiger partial charge in [0.2, 0.25) is 0 Å². The summed E-state index contributed by atoms with van der Waals surface area (Å²) >= 11 is 0. The van der Waals surface area contributed by atoms with Crippen molar-refractivity contribution in [2.24, 2.45) is 0 Å². The Hall–Kier alpha value is -6.62. The zero-order chi connectivity index (χ0) is 34.2. The summed E-state index contributed by atoms with van der Waals surface area (Å²) in [6.45, 7) is 0. The van der Waals surface area contributed by atoms with Gasteiger partial charge in [-0.15, -0.1) is 0 Å². The van der Waals surface area contributed by atoms with Crippen molar-refractivity contribution >= 4 is 72.7 Å². The van der Waals surface area contributed by atoms with E-state index in [4.69, 9.17) is 13.6 Å². The summed E-state index contributed by atoms with van der Waals surface area (Å²) in [5, 5.41) is 9.59. The molecule has 2 aromatic heterocycles. The van der Waals surface area contributed by atoms with Crippen LogP contribution in [0.4, 0.5) is 0 Å². The lowest BCUT2D eigenvalue weighted by atomic mass is 10.0. The zero-order valence-corrected chi connectivity index (χ0v) is 29.0. The van der Waals surface area contributed by atoms with E-state index >= 15 is 0 Å². The van der Waals surface area contributed by atoms with Crippen molar-refractivity contribution < 1.29 is 13.6 Å². The van der Waals surface area contributed by atoms with Crippen molar-refractivity contribution in [3.05, 3.63) is 182 Å². The summed E-state index contributed by atoms with van der Waals surface area (Å²) < 4.78 is 19.3.